The minimum absolute atomic E-state index is 0.0879. The fraction of sp³-hybridized carbons (Fsp3) is 0.417. The van der Waals surface area contributed by atoms with Crippen LogP contribution in [0.1, 0.15) is 28.6 Å². The fourth-order valence-corrected chi connectivity index (χ4v) is 2.15. The van der Waals surface area contributed by atoms with Gasteiger partial charge in [0.1, 0.15) is 6.33 Å². The van der Waals surface area contributed by atoms with Crippen LogP contribution in [0.25, 0.3) is 0 Å². The molecule has 5 nitrogen and oxygen atoms in total. The fourth-order valence-electron chi connectivity index (χ4n) is 2.15. The summed E-state index contributed by atoms with van der Waals surface area (Å²) in [6.45, 7) is 4.10. The third-order valence-corrected chi connectivity index (χ3v) is 3.06. The first kappa shape index (κ1) is 11.7. The predicted octanol–water partition coefficient (Wildman–Crippen LogP) is 1.14. The molecule has 1 N–H and O–H groups in total. The Hall–Kier alpha value is -1.75. The van der Waals surface area contributed by atoms with Gasteiger partial charge >= 0.3 is 0 Å². The standard InChI is InChI=1S/C12H17N5/c1-8-11(9(2)17(4)16-8)12(13-3)10-5-14-7-15-6-10/h5-7,12-13H,1-4H3. The van der Waals surface area contributed by atoms with Crippen LogP contribution in [-0.4, -0.2) is 26.8 Å². The minimum Gasteiger partial charge on any atom is -0.309 e. The van der Waals surface area contributed by atoms with Crippen LogP contribution < -0.4 is 5.32 Å². The van der Waals surface area contributed by atoms with Crippen LogP contribution in [0.5, 0.6) is 0 Å². The molecule has 2 rings (SSSR count). The summed E-state index contributed by atoms with van der Waals surface area (Å²) in [6, 6.07) is 0.0879. The molecule has 0 amide bonds. The quantitative estimate of drug-likeness (QED) is 0.860. The zero-order chi connectivity index (χ0) is 12.4. The van der Waals surface area contributed by atoms with Gasteiger partial charge in [0.25, 0.3) is 0 Å². The molecule has 0 radical (unpaired) electrons. The second-order valence-corrected chi connectivity index (χ2v) is 4.10. The van der Waals surface area contributed by atoms with Crippen LogP contribution >= 0.6 is 0 Å². The topological polar surface area (TPSA) is 55.6 Å². The van der Waals surface area contributed by atoms with E-state index in [9.17, 15) is 0 Å². The molecule has 0 aliphatic rings. The lowest BCUT2D eigenvalue weighted by Gasteiger charge is -2.16. The maximum atomic E-state index is 4.44. The molecule has 1 atom stereocenters. The molecule has 90 valence electrons. The summed E-state index contributed by atoms with van der Waals surface area (Å²) in [5.74, 6) is 0. The smallest absolute Gasteiger partial charge is 0.115 e. The third-order valence-electron chi connectivity index (χ3n) is 3.06. The molecule has 0 aromatic carbocycles. The number of hydrogen-bond donors (Lipinski definition) is 1. The van der Waals surface area contributed by atoms with Crippen LogP contribution in [0.2, 0.25) is 0 Å². The van der Waals surface area contributed by atoms with Gasteiger partial charge < -0.3 is 5.32 Å². The molecular formula is C12H17N5. The molecule has 0 saturated carbocycles. The highest BCUT2D eigenvalue weighted by molar-refractivity contribution is 5.35. The van der Waals surface area contributed by atoms with Crippen molar-refractivity contribution in [2.75, 3.05) is 7.05 Å². The van der Waals surface area contributed by atoms with Gasteiger partial charge in [-0.2, -0.15) is 5.10 Å². The van der Waals surface area contributed by atoms with E-state index >= 15 is 0 Å². The Morgan fingerprint density at radius 3 is 2.35 bits per heavy atom. The zero-order valence-electron chi connectivity index (χ0n) is 10.6. The van der Waals surface area contributed by atoms with Crippen LogP contribution in [0.3, 0.4) is 0 Å². The van der Waals surface area contributed by atoms with Gasteiger partial charge in [0, 0.05) is 36.3 Å². The van der Waals surface area contributed by atoms with Gasteiger partial charge in [-0.1, -0.05) is 0 Å². The van der Waals surface area contributed by atoms with E-state index < -0.39 is 0 Å². The lowest BCUT2D eigenvalue weighted by atomic mass is 9.99. The average molecular weight is 231 g/mol. The van der Waals surface area contributed by atoms with Crippen LogP contribution in [-0.2, 0) is 7.05 Å². The normalized spacial score (nSPS) is 12.7. The number of nitrogens with one attached hydrogen (secondary N) is 1. The molecule has 0 aliphatic heterocycles. The van der Waals surface area contributed by atoms with E-state index in [1.807, 2.05) is 38.1 Å². The van der Waals surface area contributed by atoms with Crippen molar-refractivity contribution in [2.24, 2.45) is 7.05 Å². The Morgan fingerprint density at radius 2 is 1.88 bits per heavy atom. The highest BCUT2D eigenvalue weighted by Crippen LogP contribution is 2.25. The second-order valence-electron chi connectivity index (χ2n) is 4.10. The van der Waals surface area contributed by atoms with Crippen molar-refractivity contribution in [3.63, 3.8) is 0 Å². The number of hydrogen-bond acceptors (Lipinski definition) is 4. The van der Waals surface area contributed by atoms with Crippen molar-refractivity contribution in [2.45, 2.75) is 19.9 Å². The van der Waals surface area contributed by atoms with Crippen LogP contribution in [0.4, 0.5) is 0 Å². The van der Waals surface area contributed by atoms with Gasteiger partial charge in [-0.15, -0.1) is 0 Å². The second kappa shape index (κ2) is 4.63. The van der Waals surface area contributed by atoms with E-state index in [0.717, 1.165) is 17.0 Å². The summed E-state index contributed by atoms with van der Waals surface area (Å²) in [5.41, 5.74) is 4.44. The van der Waals surface area contributed by atoms with Crippen LogP contribution in [0.15, 0.2) is 18.7 Å². The van der Waals surface area contributed by atoms with E-state index in [2.05, 4.69) is 27.3 Å². The van der Waals surface area contributed by atoms with Crippen molar-refractivity contribution in [1.82, 2.24) is 25.1 Å². The van der Waals surface area contributed by atoms with E-state index in [-0.39, 0.29) is 6.04 Å². The first-order valence-electron chi connectivity index (χ1n) is 5.57. The molecule has 0 fully saturated rings. The first-order chi connectivity index (χ1) is 8.15. The highest BCUT2D eigenvalue weighted by Gasteiger charge is 2.20. The number of nitrogens with zero attached hydrogens (tertiary/aromatic N) is 4. The summed E-state index contributed by atoms with van der Waals surface area (Å²) in [4.78, 5) is 8.13. The molecule has 17 heavy (non-hydrogen) atoms. The monoisotopic (exact) mass is 231 g/mol. The van der Waals surface area contributed by atoms with Gasteiger partial charge in [-0.25, -0.2) is 9.97 Å². The Labute approximate surface area is 101 Å². The number of aromatic nitrogens is 4. The molecule has 2 aromatic rings. The third kappa shape index (κ3) is 2.06. The molecule has 0 saturated heterocycles. The van der Waals surface area contributed by atoms with Gasteiger partial charge in [0.2, 0.25) is 0 Å². The largest absolute Gasteiger partial charge is 0.309 e. The van der Waals surface area contributed by atoms with E-state index in [1.54, 1.807) is 6.33 Å². The summed E-state index contributed by atoms with van der Waals surface area (Å²) >= 11 is 0. The molecule has 0 bridgehead atoms. The number of aryl methyl sites for hydroxylation is 2. The molecule has 5 heteroatoms. The molecule has 0 aliphatic carbocycles. The van der Waals surface area contributed by atoms with E-state index in [1.165, 1.54) is 5.56 Å². The molecule has 2 aromatic heterocycles. The van der Waals surface area contributed by atoms with Gasteiger partial charge in [-0.3, -0.25) is 4.68 Å². The van der Waals surface area contributed by atoms with Crippen molar-refractivity contribution in [1.29, 1.82) is 0 Å². The van der Waals surface area contributed by atoms with Crippen molar-refractivity contribution in [3.05, 3.63) is 41.2 Å². The summed E-state index contributed by atoms with van der Waals surface area (Å²) in [6.07, 6.45) is 5.21. The van der Waals surface area contributed by atoms with Crippen molar-refractivity contribution >= 4 is 0 Å². The summed E-state index contributed by atoms with van der Waals surface area (Å²) in [7, 11) is 3.89. The zero-order valence-corrected chi connectivity index (χ0v) is 10.6. The molecular weight excluding hydrogens is 214 g/mol. The SMILES string of the molecule is CNC(c1cncnc1)c1c(C)nn(C)c1C. The van der Waals surface area contributed by atoms with E-state index in [4.69, 9.17) is 0 Å². The Morgan fingerprint density at radius 1 is 1.24 bits per heavy atom. The van der Waals surface area contributed by atoms with Crippen molar-refractivity contribution in [3.8, 4) is 0 Å². The van der Waals surface area contributed by atoms with Gasteiger partial charge in [0.15, 0.2) is 0 Å². The molecule has 0 spiro atoms. The summed E-state index contributed by atoms with van der Waals surface area (Å²) in [5, 5.41) is 7.74. The maximum Gasteiger partial charge on any atom is 0.115 e. The number of rotatable bonds is 3. The minimum atomic E-state index is 0.0879. The average Bonchev–Trinajstić information content (AvgIpc) is 2.58. The summed E-state index contributed by atoms with van der Waals surface area (Å²) < 4.78 is 1.90. The Kier molecular flexibility index (Phi) is 3.19. The lowest BCUT2D eigenvalue weighted by molar-refractivity contribution is 0.672. The molecule has 1 unspecified atom stereocenters. The van der Waals surface area contributed by atoms with Crippen molar-refractivity contribution < 1.29 is 0 Å². The van der Waals surface area contributed by atoms with Crippen LogP contribution in [0, 0.1) is 13.8 Å². The maximum absolute atomic E-state index is 4.44. The highest BCUT2D eigenvalue weighted by atomic mass is 15.3. The predicted molar refractivity (Wildman–Crippen MR) is 65.6 cm³/mol. The first-order valence-corrected chi connectivity index (χ1v) is 5.57. The molecule has 2 heterocycles. The van der Waals surface area contributed by atoms with E-state index in [0.29, 0.717) is 0 Å². The van der Waals surface area contributed by atoms with Gasteiger partial charge in [-0.05, 0) is 20.9 Å². The lowest BCUT2D eigenvalue weighted by Crippen LogP contribution is -2.19. The Balaban J connectivity index is 2.50. The Bertz CT molecular complexity index is 503. The van der Waals surface area contributed by atoms with Gasteiger partial charge in [0.05, 0.1) is 11.7 Å².